The number of sulfonamides is 1. The summed E-state index contributed by atoms with van der Waals surface area (Å²) in [7, 11) is -3.89. The summed E-state index contributed by atoms with van der Waals surface area (Å²) >= 11 is 3.14. The molecule has 1 aromatic heterocycles. The summed E-state index contributed by atoms with van der Waals surface area (Å²) < 4.78 is 40.4. The Bertz CT molecular complexity index is 765. The van der Waals surface area contributed by atoms with Crippen LogP contribution in [0.2, 0.25) is 0 Å². The number of hydrogen-bond acceptors (Lipinski definition) is 4. The van der Waals surface area contributed by atoms with Crippen molar-refractivity contribution in [3.05, 3.63) is 46.3 Å². The van der Waals surface area contributed by atoms with Crippen LogP contribution in [0.5, 0.6) is 0 Å². The number of aryl methyl sites for hydroxylation is 1. The van der Waals surface area contributed by atoms with Gasteiger partial charge in [0.2, 0.25) is 0 Å². The van der Waals surface area contributed by atoms with Crippen LogP contribution in [0.25, 0.3) is 0 Å². The highest BCUT2D eigenvalue weighted by Crippen LogP contribution is 2.24. The molecule has 0 aliphatic carbocycles. The minimum atomic E-state index is -3.89. The van der Waals surface area contributed by atoms with Gasteiger partial charge in [-0.05, 0) is 52.7 Å². The summed E-state index contributed by atoms with van der Waals surface area (Å²) in [6, 6.07) is 5.27. The summed E-state index contributed by atoms with van der Waals surface area (Å²) in [5.74, 6) is -0.517. The Morgan fingerprint density at radius 2 is 2.05 bits per heavy atom. The summed E-state index contributed by atoms with van der Waals surface area (Å²) in [6.45, 7) is 1.54. The van der Waals surface area contributed by atoms with Crippen molar-refractivity contribution in [1.82, 2.24) is 4.98 Å². The highest BCUT2D eigenvalue weighted by molar-refractivity contribution is 9.10. The average molecular weight is 360 g/mol. The monoisotopic (exact) mass is 359 g/mol. The minimum absolute atomic E-state index is 0.112. The zero-order chi connectivity index (χ0) is 14.9. The predicted molar refractivity (Wildman–Crippen MR) is 78.3 cm³/mol. The number of rotatable bonds is 3. The second kappa shape index (κ2) is 5.37. The van der Waals surface area contributed by atoms with Gasteiger partial charge in [0.1, 0.15) is 16.5 Å². The van der Waals surface area contributed by atoms with Crippen LogP contribution in [0.1, 0.15) is 5.56 Å². The molecule has 0 bridgehead atoms. The van der Waals surface area contributed by atoms with Crippen LogP contribution in [-0.4, -0.2) is 13.4 Å². The van der Waals surface area contributed by atoms with Gasteiger partial charge in [-0.15, -0.1) is 0 Å². The number of nitrogens with one attached hydrogen (secondary N) is 1. The van der Waals surface area contributed by atoms with Crippen LogP contribution in [0.3, 0.4) is 0 Å². The van der Waals surface area contributed by atoms with Crippen molar-refractivity contribution >= 4 is 37.5 Å². The lowest BCUT2D eigenvalue weighted by Gasteiger charge is -2.10. The van der Waals surface area contributed by atoms with Gasteiger partial charge in [0.05, 0.1) is 0 Å². The molecule has 2 rings (SSSR count). The first-order chi connectivity index (χ1) is 9.29. The number of aromatic nitrogens is 1. The SMILES string of the molecule is Cc1cc(NS(=O)(=O)c2cc(Br)cnc2N)ccc1F. The smallest absolute Gasteiger partial charge is 0.265 e. The van der Waals surface area contributed by atoms with Gasteiger partial charge < -0.3 is 5.73 Å². The number of nitrogen functional groups attached to an aromatic ring is 1. The maximum Gasteiger partial charge on any atom is 0.265 e. The first-order valence-corrected chi connectivity index (χ1v) is 7.77. The van der Waals surface area contributed by atoms with E-state index >= 15 is 0 Å². The Kier molecular flexibility index (Phi) is 3.96. The number of benzene rings is 1. The topological polar surface area (TPSA) is 85.1 Å². The van der Waals surface area contributed by atoms with Crippen molar-refractivity contribution in [3.8, 4) is 0 Å². The van der Waals surface area contributed by atoms with E-state index in [-0.39, 0.29) is 16.4 Å². The van der Waals surface area contributed by atoms with E-state index in [9.17, 15) is 12.8 Å². The predicted octanol–water partition coefficient (Wildman–Crippen LogP) is 2.67. The van der Waals surface area contributed by atoms with Gasteiger partial charge >= 0.3 is 0 Å². The van der Waals surface area contributed by atoms with E-state index < -0.39 is 15.8 Å². The van der Waals surface area contributed by atoms with Crippen LogP contribution in [0.15, 0.2) is 39.8 Å². The van der Waals surface area contributed by atoms with E-state index in [2.05, 4.69) is 25.6 Å². The zero-order valence-electron chi connectivity index (χ0n) is 10.4. The maximum atomic E-state index is 13.2. The van der Waals surface area contributed by atoms with Gasteiger partial charge in [-0.1, -0.05) is 0 Å². The molecule has 0 saturated carbocycles. The van der Waals surface area contributed by atoms with E-state index in [1.54, 1.807) is 6.92 Å². The van der Waals surface area contributed by atoms with E-state index in [1.807, 2.05) is 0 Å². The van der Waals surface area contributed by atoms with Gasteiger partial charge in [-0.3, -0.25) is 4.72 Å². The fraction of sp³-hybridized carbons (Fsp3) is 0.0833. The normalized spacial score (nSPS) is 11.3. The molecule has 1 aromatic carbocycles. The van der Waals surface area contributed by atoms with Crippen molar-refractivity contribution < 1.29 is 12.8 Å². The van der Waals surface area contributed by atoms with E-state index in [4.69, 9.17) is 5.73 Å². The molecule has 0 aliphatic heterocycles. The molecule has 0 spiro atoms. The molecule has 0 unspecified atom stereocenters. The zero-order valence-corrected chi connectivity index (χ0v) is 12.8. The van der Waals surface area contributed by atoms with E-state index in [0.717, 1.165) is 0 Å². The van der Waals surface area contributed by atoms with Crippen LogP contribution in [-0.2, 0) is 10.0 Å². The molecule has 0 radical (unpaired) electrons. The number of nitrogens with zero attached hydrogens (tertiary/aromatic N) is 1. The molecule has 3 N–H and O–H groups in total. The van der Waals surface area contributed by atoms with Gasteiger partial charge in [-0.2, -0.15) is 0 Å². The van der Waals surface area contributed by atoms with Crippen LogP contribution >= 0.6 is 15.9 Å². The Morgan fingerprint density at radius 1 is 1.35 bits per heavy atom. The lowest BCUT2D eigenvalue weighted by atomic mass is 10.2. The van der Waals surface area contributed by atoms with Crippen molar-refractivity contribution in [2.24, 2.45) is 0 Å². The molecule has 8 heteroatoms. The molecule has 0 saturated heterocycles. The largest absolute Gasteiger partial charge is 0.383 e. The van der Waals surface area contributed by atoms with Gasteiger partial charge in [0, 0.05) is 16.4 Å². The van der Waals surface area contributed by atoms with Crippen LogP contribution in [0.4, 0.5) is 15.9 Å². The number of anilines is 2. The number of hydrogen-bond donors (Lipinski definition) is 2. The standard InChI is InChI=1S/C12H11BrFN3O2S/c1-7-4-9(2-3-10(7)14)17-20(18,19)11-5-8(13)6-16-12(11)15/h2-6,17H,1H3,(H2,15,16). The molecule has 0 aliphatic rings. The Balaban J connectivity index is 2.40. The molecule has 1 heterocycles. The first kappa shape index (κ1) is 14.7. The highest BCUT2D eigenvalue weighted by Gasteiger charge is 2.19. The minimum Gasteiger partial charge on any atom is -0.383 e. The lowest BCUT2D eigenvalue weighted by Crippen LogP contribution is -2.15. The summed E-state index contributed by atoms with van der Waals surface area (Å²) in [6.07, 6.45) is 1.40. The molecule has 0 amide bonds. The fourth-order valence-corrected chi connectivity index (χ4v) is 3.21. The third-order valence-electron chi connectivity index (χ3n) is 2.55. The highest BCUT2D eigenvalue weighted by atomic mass is 79.9. The number of halogens is 2. The summed E-state index contributed by atoms with van der Waals surface area (Å²) in [4.78, 5) is 3.63. The molecule has 2 aromatic rings. The summed E-state index contributed by atoms with van der Waals surface area (Å²) in [5, 5.41) is 0. The van der Waals surface area contributed by atoms with Crippen molar-refractivity contribution in [2.75, 3.05) is 10.5 Å². The fourth-order valence-electron chi connectivity index (χ4n) is 1.56. The lowest BCUT2D eigenvalue weighted by molar-refractivity contribution is 0.601. The second-order valence-electron chi connectivity index (χ2n) is 4.11. The molecular formula is C12H11BrFN3O2S. The Hall–Kier alpha value is -1.67. The van der Waals surface area contributed by atoms with E-state index in [1.165, 1.54) is 30.5 Å². The molecule has 20 heavy (non-hydrogen) atoms. The molecule has 0 fully saturated rings. The van der Waals surface area contributed by atoms with Crippen molar-refractivity contribution in [1.29, 1.82) is 0 Å². The van der Waals surface area contributed by atoms with Gasteiger partial charge in [-0.25, -0.2) is 17.8 Å². The van der Waals surface area contributed by atoms with Gasteiger partial charge in [0.15, 0.2) is 0 Å². The second-order valence-corrected chi connectivity index (χ2v) is 6.67. The van der Waals surface area contributed by atoms with Crippen molar-refractivity contribution in [3.63, 3.8) is 0 Å². The molecule has 5 nitrogen and oxygen atoms in total. The Labute approximate surface area is 124 Å². The Morgan fingerprint density at radius 3 is 2.70 bits per heavy atom. The average Bonchev–Trinajstić information content (AvgIpc) is 2.36. The molecular weight excluding hydrogens is 349 g/mol. The first-order valence-electron chi connectivity index (χ1n) is 5.49. The quantitative estimate of drug-likeness (QED) is 0.881. The maximum absolute atomic E-state index is 13.2. The third kappa shape index (κ3) is 3.07. The summed E-state index contributed by atoms with van der Waals surface area (Å²) in [5.41, 5.74) is 6.16. The van der Waals surface area contributed by atoms with Crippen LogP contribution in [0, 0.1) is 12.7 Å². The third-order valence-corrected chi connectivity index (χ3v) is 4.39. The van der Waals surface area contributed by atoms with Gasteiger partial charge in [0.25, 0.3) is 10.0 Å². The number of nitrogens with two attached hydrogens (primary N) is 1. The molecule has 106 valence electrons. The van der Waals surface area contributed by atoms with E-state index in [0.29, 0.717) is 10.0 Å². The molecule has 0 atom stereocenters. The number of pyridine rings is 1. The van der Waals surface area contributed by atoms with Crippen molar-refractivity contribution in [2.45, 2.75) is 11.8 Å². The van der Waals surface area contributed by atoms with Crippen LogP contribution < -0.4 is 10.5 Å².